The second-order valence-electron chi connectivity index (χ2n) is 5.60. The fourth-order valence-electron chi connectivity index (χ4n) is 2.11. The molecule has 0 spiro atoms. The molecule has 1 aliphatic carbocycles. The second kappa shape index (κ2) is 5.01. The van der Waals surface area contributed by atoms with Gasteiger partial charge in [0.1, 0.15) is 0 Å². The largest absolute Gasteiger partial charge is 0.365 e. The molecular formula is C10H22MgSi. The molecule has 1 aliphatic rings. The molecule has 1 rings (SSSR count). The molecule has 1 saturated carbocycles. The highest BCUT2D eigenvalue weighted by atomic mass is 28.3. The minimum Gasteiger partial charge on any atom is -0.149 e. The molecule has 0 aromatic heterocycles. The second-order valence-corrected chi connectivity index (χ2v) is 14.5. The highest BCUT2D eigenvalue weighted by molar-refractivity contribution is 6.83. The van der Waals surface area contributed by atoms with E-state index in [1.807, 2.05) is 0 Å². The molecule has 0 nitrogen and oxygen atoms in total. The molecule has 0 saturated heterocycles. The van der Waals surface area contributed by atoms with E-state index < -0.39 is 8.07 Å². The van der Waals surface area contributed by atoms with Crippen molar-refractivity contribution < 1.29 is 0 Å². The average Bonchev–Trinajstić information content (AvgIpc) is 2.02. The number of hydrogen-bond donors (Lipinski definition) is 0. The van der Waals surface area contributed by atoms with Crippen molar-refractivity contribution in [1.82, 2.24) is 0 Å². The molecule has 1 fully saturated rings. The topological polar surface area (TPSA) is 0 Å². The molecule has 0 amide bonds. The van der Waals surface area contributed by atoms with Gasteiger partial charge >= 0.3 is 20.4 Å². The van der Waals surface area contributed by atoms with E-state index in [0.29, 0.717) is 20.4 Å². The van der Waals surface area contributed by atoms with Crippen LogP contribution in [0.3, 0.4) is 0 Å². The summed E-state index contributed by atoms with van der Waals surface area (Å²) in [6.45, 7) is 7.59. The fraction of sp³-hybridized carbons (Fsp3) is 1.00. The SMILES string of the molecule is C[Si](C)(C)[CH2][Mg][CH]1CCCCC1. The molecule has 0 aromatic carbocycles. The maximum absolute atomic E-state index is 2.53. The van der Waals surface area contributed by atoms with Gasteiger partial charge in [0.15, 0.2) is 0 Å². The number of rotatable bonds is 3. The molecule has 0 unspecified atom stereocenters. The zero-order valence-electron chi connectivity index (χ0n) is 9.03. The first-order chi connectivity index (χ1) is 5.58. The summed E-state index contributed by atoms with van der Waals surface area (Å²) in [5, 5.41) is 0. The normalized spacial score (nSPS) is 20.6. The quantitative estimate of drug-likeness (QED) is 0.601. The molecule has 0 aliphatic heterocycles. The Morgan fingerprint density at radius 3 is 2.17 bits per heavy atom. The Labute approximate surface area is 88.2 Å². The molecule has 0 heterocycles. The first-order valence-electron chi connectivity index (χ1n) is 5.58. The highest BCUT2D eigenvalue weighted by Gasteiger charge is 2.20. The maximum Gasteiger partial charge on any atom is 0.365 e. The van der Waals surface area contributed by atoms with E-state index in [9.17, 15) is 0 Å². The third-order valence-corrected chi connectivity index (χ3v) is 11.8. The van der Waals surface area contributed by atoms with Gasteiger partial charge in [0, 0.05) is 8.07 Å². The van der Waals surface area contributed by atoms with Crippen molar-refractivity contribution in [2.45, 2.75) is 60.0 Å². The van der Waals surface area contributed by atoms with Crippen LogP contribution in [-0.4, -0.2) is 28.4 Å². The predicted octanol–water partition coefficient (Wildman–Crippen LogP) is 3.74. The van der Waals surface area contributed by atoms with Gasteiger partial charge in [-0.1, -0.05) is 51.7 Å². The van der Waals surface area contributed by atoms with Crippen LogP contribution in [0.5, 0.6) is 0 Å². The standard InChI is InChI=1S/C6H11.C4H11Si.Mg/c1-2-4-6-5-3-1;1-5(2,3)4;/h1H,2-6H2;1H2,2-4H3;. The summed E-state index contributed by atoms with van der Waals surface area (Å²) in [6.07, 6.45) is 7.80. The monoisotopic (exact) mass is 194 g/mol. The Morgan fingerprint density at radius 1 is 1.08 bits per heavy atom. The highest BCUT2D eigenvalue weighted by Crippen LogP contribution is 2.29. The van der Waals surface area contributed by atoms with Gasteiger partial charge in [-0.05, 0) is 0 Å². The Hall–Kier alpha value is 0.983. The summed E-state index contributed by atoms with van der Waals surface area (Å²) in [7, 11) is -0.679. The molecular weight excluding hydrogens is 173 g/mol. The van der Waals surface area contributed by atoms with Gasteiger partial charge < -0.3 is 0 Å². The van der Waals surface area contributed by atoms with Crippen LogP contribution in [0.4, 0.5) is 0 Å². The lowest BCUT2D eigenvalue weighted by Gasteiger charge is -2.24. The molecule has 68 valence electrons. The van der Waals surface area contributed by atoms with Gasteiger partial charge in [0.25, 0.3) is 0 Å². The average molecular weight is 195 g/mol. The van der Waals surface area contributed by atoms with E-state index >= 15 is 0 Å². The van der Waals surface area contributed by atoms with E-state index in [1.54, 1.807) is 29.9 Å². The van der Waals surface area contributed by atoms with Gasteiger partial charge in [-0.2, -0.15) is 0 Å². The molecule has 0 bridgehead atoms. The van der Waals surface area contributed by atoms with E-state index in [0.717, 1.165) is 0 Å². The third-order valence-electron chi connectivity index (χ3n) is 3.03. The minimum absolute atomic E-state index is 0.323. The van der Waals surface area contributed by atoms with Gasteiger partial charge in [-0.25, -0.2) is 0 Å². The first-order valence-corrected chi connectivity index (χ1v) is 11.1. The van der Waals surface area contributed by atoms with E-state index in [2.05, 4.69) is 19.6 Å². The first kappa shape index (κ1) is 11.1. The van der Waals surface area contributed by atoms with E-state index in [4.69, 9.17) is 0 Å². The maximum atomic E-state index is 2.53. The van der Waals surface area contributed by atoms with E-state index in [1.165, 1.54) is 10.5 Å². The van der Waals surface area contributed by atoms with Crippen molar-refractivity contribution in [2.24, 2.45) is 0 Å². The van der Waals surface area contributed by atoms with Crippen LogP contribution in [-0.2, 0) is 0 Å². The van der Waals surface area contributed by atoms with Crippen LogP contribution < -0.4 is 0 Å². The lowest BCUT2D eigenvalue weighted by molar-refractivity contribution is 0.501. The van der Waals surface area contributed by atoms with Crippen LogP contribution in [0.15, 0.2) is 0 Å². The van der Waals surface area contributed by atoms with Crippen LogP contribution in [0.2, 0.25) is 27.9 Å². The molecule has 0 N–H and O–H groups in total. The lowest BCUT2D eigenvalue weighted by Crippen LogP contribution is -2.24. The summed E-state index contributed by atoms with van der Waals surface area (Å²) in [5.74, 6) is 0. The Kier molecular flexibility index (Phi) is 4.62. The summed E-state index contributed by atoms with van der Waals surface area (Å²) in [5.41, 5.74) is 0. The molecule has 0 radical (unpaired) electrons. The van der Waals surface area contributed by atoms with Gasteiger partial charge in [0.05, 0.1) is 0 Å². The summed E-state index contributed by atoms with van der Waals surface area (Å²) in [6, 6.07) is 0. The van der Waals surface area contributed by atoms with Crippen LogP contribution in [0.25, 0.3) is 0 Å². The number of hydrogen-bond acceptors (Lipinski definition) is 0. The molecule has 2 heteroatoms. The summed E-state index contributed by atoms with van der Waals surface area (Å²) in [4.78, 5) is 0. The van der Waals surface area contributed by atoms with Gasteiger partial charge in [-0.3, -0.25) is 0 Å². The van der Waals surface area contributed by atoms with Crippen molar-refractivity contribution in [3.63, 3.8) is 0 Å². The van der Waals surface area contributed by atoms with Crippen LogP contribution in [0, 0.1) is 0 Å². The van der Waals surface area contributed by atoms with Gasteiger partial charge in [0.2, 0.25) is 0 Å². The fourth-order valence-corrected chi connectivity index (χ4v) is 8.36. The van der Waals surface area contributed by atoms with Crippen molar-refractivity contribution in [2.75, 3.05) is 0 Å². The molecule has 0 atom stereocenters. The summed E-state index contributed by atoms with van der Waals surface area (Å²) < 4.78 is 2.93. The zero-order chi connectivity index (χ0) is 9.03. The lowest BCUT2D eigenvalue weighted by atomic mass is 10.00. The van der Waals surface area contributed by atoms with Gasteiger partial charge in [-0.15, -0.1) is 8.22 Å². The minimum atomic E-state index is -0.679. The van der Waals surface area contributed by atoms with Crippen molar-refractivity contribution in [3.8, 4) is 0 Å². The van der Waals surface area contributed by atoms with Crippen LogP contribution in [0.1, 0.15) is 32.1 Å². The molecule has 12 heavy (non-hydrogen) atoms. The van der Waals surface area contributed by atoms with Crippen molar-refractivity contribution in [3.05, 3.63) is 0 Å². The third kappa shape index (κ3) is 4.88. The van der Waals surface area contributed by atoms with E-state index in [-0.39, 0.29) is 0 Å². The predicted molar refractivity (Wildman–Crippen MR) is 60.7 cm³/mol. The zero-order valence-corrected chi connectivity index (χ0v) is 11.4. The Bertz CT molecular complexity index is 122. The Morgan fingerprint density at radius 2 is 1.67 bits per heavy atom. The summed E-state index contributed by atoms with van der Waals surface area (Å²) >= 11 is 0.323. The van der Waals surface area contributed by atoms with Crippen LogP contribution >= 0.6 is 0 Å². The van der Waals surface area contributed by atoms with Crippen molar-refractivity contribution in [1.29, 1.82) is 0 Å². The Balaban J connectivity index is 2.13. The molecule has 0 aromatic rings. The smallest absolute Gasteiger partial charge is 0.149 e. The van der Waals surface area contributed by atoms with Crippen molar-refractivity contribution >= 4 is 28.4 Å².